The lowest BCUT2D eigenvalue weighted by molar-refractivity contribution is -0.273. The van der Waals surface area contributed by atoms with E-state index in [4.69, 9.17) is 4.42 Å². The minimum Gasteiger partial charge on any atom is -0.463 e. The summed E-state index contributed by atoms with van der Waals surface area (Å²) < 4.78 is 46.4. The molecule has 0 aliphatic rings. The molecule has 2 heterocycles. The Morgan fingerprint density at radius 3 is 2.58 bits per heavy atom. The smallest absolute Gasteiger partial charge is 0.425 e. The first-order valence-corrected chi connectivity index (χ1v) is 7.17. The van der Waals surface area contributed by atoms with Crippen LogP contribution in [-0.2, 0) is 17.4 Å². The number of rotatable bonds is 5. The second-order valence-corrected chi connectivity index (χ2v) is 5.68. The van der Waals surface area contributed by atoms with E-state index in [-0.39, 0.29) is 5.76 Å². The van der Waals surface area contributed by atoms with Gasteiger partial charge in [0.05, 0.1) is 18.7 Å². The molecule has 0 aliphatic heterocycles. The summed E-state index contributed by atoms with van der Waals surface area (Å²) in [6.07, 6.45) is -3.13. The number of amides is 1. The van der Waals surface area contributed by atoms with Crippen LogP contribution in [0.3, 0.4) is 0 Å². The van der Waals surface area contributed by atoms with Crippen molar-refractivity contribution in [2.24, 2.45) is 7.05 Å². The van der Waals surface area contributed by atoms with Gasteiger partial charge in [0.25, 0.3) is 0 Å². The summed E-state index contributed by atoms with van der Waals surface area (Å²) in [6, 6.07) is 1.75. The molecule has 0 aliphatic carbocycles. The van der Waals surface area contributed by atoms with E-state index in [1.807, 2.05) is 0 Å². The van der Waals surface area contributed by atoms with Gasteiger partial charge in [-0.25, -0.2) is 0 Å². The third-order valence-electron chi connectivity index (χ3n) is 3.64. The van der Waals surface area contributed by atoms with Gasteiger partial charge in [-0.2, -0.15) is 18.3 Å². The molecule has 2 rings (SSSR count). The van der Waals surface area contributed by atoms with Gasteiger partial charge >= 0.3 is 6.18 Å². The quantitative estimate of drug-likeness (QED) is 0.872. The molecular weight excluding hydrogens is 327 g/mol. The lowest BCUT2D eigenvalue weighted by Gasteiger charge is -2.28. The predicted octanol–water partition coefficient (Wildman–Crippen LogP) is 2.34. The Labute approximate surface area is 136 Å². The normalized spacial score (nSPS) is 15.8. The van der Waals surface area contributed by atoms with Gasteiger partial charge in [0.15, 0.2) is 0 Å². The van der Waals surface area contributed by atoms with Crippen molar-refractivity contribution in [1.29, 1.82) is 0 Å². The fraction of sp³-hybridized carbons (Fsp3) is 0.467. The SMILES string of the molecule is Cc1ccc([C@@](O)(CC(=O)N[C@@H](C)c2cnn(C)c2)C(F)(F)F)o1. The maximum Gasteiger partial charge on any atom is 0.425 e. The number of hydrogen-bond acceptors (Lipinski definition) is 4. The highest BCUT2D eigenvalue weighted by Gasteiger charge is 2.58. The standard InChI is InChI=1S/C15H18F3N3O3/c1-9-4-5-12(24-9)14(23,15(16,17)18)6-13(22)20-10(2)11-7-19-21(3)8-11/h4-5,7-8,10,23H,6H2,1-3H3,(H,20,22)/t10-,14-/m0/s1. The summed E-state index contributed by atoms with van der Waals surface area (Å²) in [5, 5.41) is 16.4. The molecule has 0 radical (unpaired) electrons. The molecule has 0 bridgehead atoms. The maximum atomic E-state index is 13.3. The fourth-order valence-electron chi connectivity index (χ4n) is 2.26. The Morgan fingerprint density at radius 1 is 1.46 bits per heavy atom. The van der Waals surface area contributed by atoms with Crippen LogP contribution in [0.2, 0.25) is 0 Å². The van der Waals surface area contributed by atoms with Crippen molar-refractivity contribution in [1.82, 2.24) is 15.1 Å². The third-order valence-corrected chi connectivity index (χ3v) is 3.64. The van der Waals surface area contributed by atoms with Crippen molar-refractivity contribution >= 4 is 5.91 Å². The Kier molecular flexibility index (Phi) is 4.75. The lowest BCUT2D eigenvalue weighted by atomic mass is 9.95. The number of carbonyl (C=O) groups excluding carboxylic acids is 1. The molecule has 0 aromatic carbocycles. The predicted molar refractivity (Wildman–Crippen MR) is 77.8 cm³/mol. The molecule has 9 heteroatoms. The van der Waals surface area contributed by atoms with Crippen molar-refractivity contribution in [3.8, 4) is 0 Å². The number of halogens is 3. The van der Waals surface area contributed by atoms with E-state index >= 15 is 0 Å². The Morgan fingerprint density at radius 2 is 2.12 bits per heavy atom. The van der Waals surface area contributed by atoms with E-state index in [0.29, 0.717) is 5.56 Å². The van der Waals surface area contributed by atoms with Crippen LogP contribution in [0, 0.1) is 6.92 Å². The van der Waals surface area contributed by atoms with Gasteiger partial charge in [0.1, 0.15) is 11.5 Å². The Bertz CT molecular complexity index is 723. The monoisotopic (exact) mass is 345 g/mol. The van der Waals surface area contributed by atoms with E-state index in [1.165, 1.54) is 23.9 Å². The zero-order valence-electron chi connectivity index (χ0n) is 13.4. The largest absolute Gasteiger partial charge is 0.463 e. The minimum atomic E-state index is -5.06. The highest BCUT2D eigenvalue weighted by atomic mass is 19.4. The second-order valence-electron chi connectivity index (χ2n) is 5.68. The van der Waals surface area contributed by atoms with Crippen LogP contribution in [0.25, 0.3) is 0 Å². The van der Waals surface area contributed by atoms with Crippen LogP contribution >= 0.6 is 0 Å². The van der Waals surface area contributed by atoms with Gasteiger partial charge in [-0.1, -0.05) is 0 Å². The summed E-state index contributed by atoms with van der Waals surface area (Å²) in [4.78, 5) is 12.0. The molecule has 2 aromatic heterocycles. The second kappa shape index (κ2) is 6.31. The number of nitrogens with one attached hydrogen (secondary N) is 1. The van der Waals surface area contributed by atoms with Crippen molar-refractivity contribution in [3.63, 3.8) is 0 Å². The number of alkyl halides is 3. The first-order valence-electron chi connectivity index (χ1n) is 7.17. The van der Waals surface area contributed by atoms with Crippen LogP contribution in [0.1, 0.15) is 36.5 Å². The van der Waals surface area contributed by atoms with Crippen LogP contribution in [0.5, 0.6) is 0 Å². The summed E-state index contributed by atoms with van der Waals surface area (Å²) >= 11 is 0. The number of furan rings is 1. The van der Waals surface area contributed by atoms with Crippen LogP contribution < -0.4 is 5.32 Å². The number of carbonyl (C=O) groups is 1. The van der Waals surface area contributed by atoms with Crippen LogP contribution in [-0.4, -0.2) is 27.0 Å². The van der Waals surface area contributed by atoms with Crippen LogP contribution in [0.15, 0.2) is 28.9 Å². The third kappa shape index (κ3) is 3.61. The van der Waals surface area contributed by atoms with Crippen molar-refractivity contribution < 1.29 is 27.5 Å². The molecule has 0 spiro atoms. The minimum absolute atomic E-state index is 0.205. The van der Waals surface area contributed by atoms with E-state index in [0.717, 1.165) is 6.07 Å². The zero-order valence-corrected chi connectivity index (χ0v) is 13.4. The highest BCUT2D eigenvalue weighted by Crippen LogP contribution is 2.42. The van der Waals surface area contributed by atoms with E-state index < -0.39 is 35.9 Å². The van der Waals surface area contributed by atoms with Gasteiger partial charge in [-0.3, -0.25) is 9.48 Å². The lowest BCUT2D eigenvalue weighted by Crippen LogP contribution is -2.46. The van der Waals surface area contributed by atoms with Gasteiger partial charge in [-0.15, -0.1) is 0 Å². The molecule has 1 amide bonds. The van der Waals surface area contributed by atoms with Gasteiger partial charge in [-0.05, 0) is 26.0 Å². The first kappa shape index (κ1) is 18.1. The Balaban J connectivity index is 2.16. The molecule has 0 unspecified atom stereocenters. The van der Waals surface area contributed by atoms with Crippen molar-refractivity contribution in [3.05, 3.63) is 41.6 Å². The number of nitrogens with zero attached hydrogens (tertiary/aromatic N) is 2. The number of aliphatic hydroxyl groups is 1. The average Bonchev–Trinajstić information content (AvgIpc) is 3.06. The first-order chi connectivity index (χ1) is 11.0. The van der Waals surface area contributed by atoms with E-state index in [9.17, 15) is 23.1 Å². The summed E-state index contributed by atoms with van der Waals surface area (Å²) in [7, 11) is 1.68. The molecule has 0 saturated heterocycles. The highest BCUT2D eigenvalue weighted by molar-refractivity contribution is 5.77. The molecule has 2 atom stereocenters. The number of aromatic nitrogens is 2. The molecule has 24 heavy (non-hydrogen) atoms. The molecule has 0 fully saturated rings. The summed E-state index contributed by atoms with van der Waals surface area (Å²) in [6.45, 7) is 3.06. The number of aryl methyl sites for hydroxylation is 2. The topological polar surface area (TPSA) is 80.3 Å². The van der Waals surface area contributed by atoms with Crippen molar-refractivity contribution in [2.45, 2.75) is 38.1 Å². The molecule has 132 valence electrons. The molecule has 0 saturated carbocycles. The molecular formula is C15H18F3N3O3. The zero-order chi connectivity index (χ0) is 18.1. The molecule has 2 N–H and O–H groups in total. The number of hydrogen-bond donors (Lipinski definition) is 2. The van der Waals surface area contributed by atoms with Gasteiger partial charge in [0.2, 0.25) is 11.5 Å². The van der Waals surface area contributed by atoms with E-state index in [1.54, 1.807) is 20.2 Å². The van der Waals surface area contributed by atoms with Gasteiger partial charge < -0.3 is 14.8 Å². The maximum absolute atomic E-state index is 13.3. The Hall–Kier alpha value is -2.29. The van der Waals surface area contributed by atoms with Crippen molar-refractivity contribution in [2.75, 3.05) is 0 Å². The molecule has 6 nitrogen and oxygen atoms in total. The van der Waals surface area contributed by atoms with E-state index in [2.05, 4.69) is 10.4 Å². The molecule has 2 aromatic rings. The van der Waals surface area contributed by atoms with Gasteiger partial charge in [0, 0.05) is 18.8 Å². The fourth-order valence-corrected chi connectivity index (χ4v) is 2.26. The van der Waals surface area contributed by atoms with Crippen LogP contribution in [0.4, 0.5) is 13.2 Å². The summed E-state index contributed by atoms with van der Waals surface area (Å²) in [5.41, 5.74) is -2.75. The average molecular weight is 345 g/mol. The summed E-state index contributed by atoms with van der Waals surface area (Å²) in [5.74, 6) is -1.46.